The van der Waals surface area contributed by atoms with Crippen LogP contribution in [0.2, 0.25) is 0 Å². The lowest BCUT2D eigenvalue weighted by atomic mass is 10.1. The number of aliphatic imine (C=N–C) groups is 1. The van der Waals surface area contributed by atoms with E-state index in [1.165, 1.54) is 0 Å². The van der Waals surface area contributed by atoms with E-state index in [4.69, 9.17) is 4.74 Å². The first-order valence-electron chi connectivity index (χ1n) is 10.5. The predicted molar refractivity (Wildman–Crippen MR) is 113 cm³/mol. The second kappa shape index (κ2) is 10.9. The molecule has 3 heterocycles. The van der Waals surface area contributed by atoms with Crippen molar-refractivity contribution >= 4 is 17.8 Å². The van der Waals surface area contributed by atoms with E-state index in [0.29, 0.717) is 32.0 Å². The third kappa shape index (κ3) is 6.28. The molecule has 1 atom stereocenters. The minimum atomic E-state index is 0.157. The van der Waals surface area contributed by atoms with E-state index in [-0.39, 0.29) is 5.91 Å². The molecule has 9 nitrogen and oxygen atoms in total. The Bertz CT molecular complexity index is 656. The van der Waals surface area contributed by atoms with Gasteiger partial charge in [0.15, 0.2) is 5.96 Å². The van der Waals surface area contributed by atoms with Crippen LogP contribution < -0.4 is 10.2 Å². The smallest absolute Gasteiger partial charge is 0.225 e. The second-order valence-electron chi connectivity index (χ2n) is 7.51. The first kappa shape index (κ1) is 21.3. The number of nitrogens with zero attached hydrogens (tertiary/aromatic N) is 6. The molecule has 2 aliphatic heterocycles. The number of rotatable bonds is 7. The van der Waals surface area contributed by atoms with Gasteiger partial charge in [-0.2, -0.15) is 0 Å². The molecule has 0 radical (unpaired) electrons. The number of ether oxygens (including phenoxy) is 1. The summed E-state index contributed by atoms with van der Waals surface area (Å²) in [6.07, 6.45) is 5.02. The highest BCUT2D eigenvalue weighted by Crippen LogP contribution is 2.13. The molecule has 1 amide bonds. The Morgan fingerprint density at radius 2 is 2.07 bits per heavy atom. The van der Waals surface area contributed by atoms with Crippen LogP contribution in [0.3, 0.4) is 0 Å². The van der Waals surface area contributed by atoms with Crippen LogP contribution in [0.5, 0.6) is 0 Å². The third-order valence-corrected chi connectivity index (χ3v) is 5.31. The van der Waals surface area contributed by atoms with Crippen molar-refractivity contribution in [1.29, 1.82) is 0 Å². The van der Waals surface area contributed by atoms with E-state index >= 15 is 0 Å². The molecule has 0 aliphatic carbocycles. The zero-order valence-corrected chi connectivity index (χ0v) is 17.6. The molecule has 2 saturated heterocycles. The van der Waals surface area contributed by atoms with Gasteiger partial charge in [-0.3, -0.25) is 9.79 Å². The van der Waals surface area contributed by atoms with E-state index in [1.54, 1.807) is 12.4 Å². The Morgan fingerprint density at radius 3 is 2.72 bits per heavy atom. The van der Waals surface area contributed by atoms with Gasteiger partial charge in [-0.05, 0) is 19.4 Å². The van der Waals surface area contributed by atoms with Crippen molar-refractivity contribution in [1.82, 2.24) is 25.1 Å². The first-order valence-corrected chi connectivity index (χ1v) is 10.5. The van der Waals surface area contributed by atoms with E-state index in [9.17, 15) is 4.79 Å². The lowest BCUT2D eigenvalue weighted by Gasteiger charge is -2.34. The van der Waals surface area contributed by atoms with Gasteiger partial charge in [0, 0.05) is 77.7 Å². The summed E-state index contributed by atoms with van der Waals surface area (Å²) in [6.45, 7) is 8.86. The summed E-state index contributed by atoms with van der Waals surface area (Å²) in [5.41, 5.74) is 0. The van der Waals surface area contributed by atoms with Gasteiger partial charge < -0.3 is 24.8 Å². The fraction of sp³-hybridized carbons (Fsp3) is 0.700. The average molecular weight is 404 g/mol. The summed E-state index contributed by atoms with van der Waals surface area (Å²) in [4.78, 5) is 32.0. The fourth-order valence-electron chi connectivity index (χ4n) is 3.70. The van der Waals surface area contributed by atoms with E-state index in [1.807, 2.05) is 18.0 Å². The zero-order valence-electron chi connectivity index (χ0n) is 17.6. The minimum Gasteiger partial charge on any atom is -0.381 e. The van der Waals surface area contributed by atoms with Gasteiger partial charge in [0.1, 0.15) is 0 Å². The Balaban J connectivity index is 1.43. The van der Waals surface area contributed by atoms with Crippen molar-refractivity contribution in [3.63, 3.8) is 0 Å². The van der Waals surface area contributed by atoms with E-state index in [0.717, 1.165) is 57.7 Å². The van der Waals surface area contributed by atoms with Crippen LogP contribution in [-0.2, 0) is 9.53 Å². The molecule has 29 heavy (non-hydrogen) atoms. The molecular formula is C20H33N7O2. The molecule has 1 unspecified atom stereocenters. The zero-order chi connectivity index (χ0) is 20.5. The van der Waals surface area contributed by atoms with Crippen molar-refractivity contribution in [2.45, 2.75) is 19.8 Å². The summed E-state index contributed by atoms with van der Waals surface area (Å²) < 4.78 is 5.46. The number of aromatic nitrogens is 2. The van der Waals surface area contributed by atoms with Crippen LogP contribution in [0.25, 0.3) is 0 Å². The van der Waals surface area contributed by atoms with E-state index in [2.05, 4.69) is 37.0 Å². The Kier molecular flexibility index (Phi) is 8.03. The number of piperazine rings is 1. The summed E-state index contributed by atoms with van der Waals surface area (Å²) in [7, 11) is 2.05. The number of guanidine groups is 1. The van der Waals surface area contributed by atoms with Gasteiger partial charge in [-0.15, -0.1) is 0 Å². The molecule has 160 valence electrons. The maximum atomic E-state index is 12.6. The molecular weight excluding hydrogens is 370 g/mol. The molecule has 1 N–H and O–H groups in total. The summed E-state index contributed by atoms with van der Waals surface area (Å²) in [6, 6.07) is 1.81. The maximum absolute atomic E-state index is 12.6. The highest BCUT2D eigenvalue weighted by molar-refractivity contribution is 5.81. The summed E-state index contributed by atoms with van der Waals surface area (Å²) in [5.74, 6) is 2.30. The molecule has 1 aromatic heterocycles. The molecule has 0 spiro atoms. The number of hydrogen-bond donors (Lipinski definition) is 1. The largest absolute Gasteiger partial charge is 0.381 e. The Labute approximate surface area is 173 Å². The molecule has 9 heteroatoms. The van der Waals surface area contributed by atoms with Gasteiger partial charge in [-0.1, -0.05) is 0 Å². The molecule has 0 aromatic carbocycles. The normalized spacial score (nSPS) is 20.1. The highest BCUT2D eigenvalue weighted by Gasteiger charge is 2.22. The van der Waals surface area contributed by atoms with Crippen LogP contribution in [0.1, 0.15) is 19.8 Å². The lowest BCUT2D eigenvalue weighted by molar-refractivity contribution is -0.131. The van der Waals surface area contributed by atoms with Crippen molar-refractivity contribution in [3.8, 4) is 0 Å². The Morgan fingerprint density at radius 1 is 1.31 bits per heavy atom. The van der Waals surface area contributed by atoms with Gasteiger partial charge in [0.05, 0.1) is 13.2 Å². The number of carbonyl (C=O) groups excluding carboxylic acids is 1. The lowest BCUT2D eigenvalue weighted by Crippen LogP contribution is -2.49. The average Bonchev–Trinajstić information content (AvgIpc) is 3.27. The van der Waals surface area contributed by atoms with Crippen LogP contribution >= 0.6 is 0 Å². The minimum absolute atomic E-state index is 0.157. The van der Waals surface area contributed by atoms with Gasteiger partial charge >= 0.3 is 0 Å². The van der Waals surface area contributed by atoms with Crippen molar-refractivity contribution in [2.24, 2.45) is 10.9 Å². The summed E-state index contributed by atoms with van der Waals surface area (Å²) in [5, 5.41) is 3.32. The second-order valence-corrected chi connectivity index (χ2v) is 7.51. The Hall–Kier alpha value is -2.42. The van der Waals surface area contributed by atoms with Crippen LogP contribution in [-0.4, -0.2) is 97.7 Å². The van der Waals surface area contributed by atoms with Crippen LogP contribution in [0.15, 0.2) is 23.5 Å². The topological polar surface area (TPSA) is 86.2 Å². The number of anilines is 1. The molecule has 2 fully saturated rings. The van der Waals surface area contributed by atoms with Gasteiger partial charge in [0.2, 0.25) is 11.9 Å². The monoisotopic (exact) mass is 403 g/mol. The number of nitrogens with one attached hydrogen (secondary N) is 1. The SMILES string of the molecule is CCNC(=NCCC(=O)N1CCN(c2ncccn2)CC1)N(C)CC1CCOC1. The third-order valence-electron chi connectivity index (χ3n) is 5.31. The molecule has 0 bridgehead atoms. The first-order chi connectivity index (χ1) is 14.2. The van der Waals surface area contributed by atoms with Gasteiger partial charge in [0.25, 0.3) is 0 Å². The molecule has 3 rings (SSSR count). The van der Waals surface area contributed by atoms with E-state index < -0.39 is 0 Å². The van der Waals surface area contributed by atoms with Crippen molar-refractivity contribution < 1.29 is 9.53 Å². The maximum Gasteiger partial charge on any atom is 0.225 e. The standard InChI is InChI=1S/C20H33N7O2/c1-3-21-19(25(2)15-17-6-14-29-16-17)24-9-5-18(28)26-10-12-27(13-11-26)20-22-7-4-8-23-20/h4,7-8,17H,3,5-6,9-16H2,1-2H3,(H,21,24). The predicted octanol–water partition coefficient (Wildman–Crippen LogP) is 0.449. The van der Waals surface area contributed by atoms with Gasteiger partial charge in [-0.25, -0.2) is 9.97 Å². The fourth-order valence-corrected chi connectivity index (χ4v) is 3.70. The molecule has 1 aromatic rings. The highest BCUT2D eigenvalue weighted by atomic mass is 16.5. The number of amides is 1. The quantitative estimate of drug-likeness (QED) is 0.522. The van der Waals surface area contributed by atoms with Crippen molar-refractivity contribution in [3.05, 3.63) is 18.5 Å². The van der Waals surface area contributed by atoms with Crippen LogP contribution in [0, 0.1) is 5.92 Å². The van der Waals surface area contributed by atoms with Crippen molar-refractivity contribution in [2.75, 3.05) is 71.0 Å². The number of hydrogen-bond acceptors (Lipinski definition) is 6. The summed E-state index contributed by atoms with van der Waals surface area (Å²) >= 11 is 0. The van der Waals surface area contributed by atoms with Crippen LogP contribution in [0.4, 0.5) is 5.95 Å². The molecule has 2 aliphatic rings. The molecule has 0 saturated carbocycles. The number of carbonyl (C=O) groups is 1.